The van der Waals surface area contributed by atoms with E-state index >= 15 is 0 Å². The average Bonchev–Trinajstić information content (AvgIpc) is 1.88. The van der Waals surface area contributed by atoms with Crippen molar-refractivity contribution in [2.75, 3.05) is 0 Å². The molecule has 0 aliphatic heterocycles. The van der Waals surface area contributed by atoms with Crippen LogP contribution in [0, 0.1) is 6.92 Å². The lowest BCUT2D eigenvalue weighted by atomic mass is 10.2. The summed E-state index contributed by atoms with van der Waals surface area (Å²) in [5.74, 6) is 0. The molecule has 9 heavy (non-hydrogen) atoms. The van der Waals surface area contributed by atoms with Crippen molar-refractivity contribution in [3.63, 3.8) is 0 Å². The third-order valence-corrected chi connectivity index (χ3v) is 1.18. The van der Waals surface area contributed by atoms with Gasteiger partial charge in [0.2, 0.25) is 0 Å². The van der Waals surface area contributed by atoms with Gasteiger partial charge in [-0.3, -0.25) is 4.98 Å². The zero-order valence-corrected chi connectivity index (χ0v) is 5.46. The van der Waals surface area contributed by atoms with E-state index < -0.39 is 0 Å². The lowest BCUT2D eigenvalue weighted by Gasteiger charge is -1.94. The summed E-state index contributed by atoms with van der Waals surface area (Å²) < 4.78 is 0. The highest BCUT2D eigenvalue weighted by Crippen LogP contribution is 1.97. The average molecular weight is 122 g/mol. The van der Waals surface area contributed by atoms with Crippen LogP contribution in [0.2, 0.25) is 0 Å². The first-order valence-corrected chi connectivity index (χ1v) is 2.94. The first-order chi connectivity index (χ1) is 4.33. The van der Waals surface area contributed by atoms with Gasteiger partial charge in [0.15, 0.2) is 0 Å². The molecule has 0 atom stereocenters. The van der Waals surface area contributed by atoms with Crippen molar-refractivity contribution in [2.45, 2.75) is 13.5 Å². The normalized spacial score (nSPS) is 9.56. The summed E-state index contributed by atoms with van der Waals surface area (Å²) >= 11 is 0. The van der Waals surface area contributed by atoms with Crippen molar-refractivity contribution in [3.05, 3.63) is 29.6 Å². The molecule has 2 nitrogen and oxygen atoms in total. The minimum atomic E-state index is 0.529. The van der Waals surface area contributed by atoms with Crippen LogP contribution in [0.15, 0.2) is 18.3 Å². The van der Waals surface area contributed by atoms with Gasteiger partial charge in [-0.25, -0.2) is 0 Å². The van der Waals surface area contributed by atoms with Crippen LogP contribution in [0.1, 0.15) is 11.3 Å². The second-order valence-corrected chi connectivity index (χ2v) is 2.03. The predicted molar refractivity (Wildman–Crippen MR) is 36.9 cm³/mol. The number of aryl methyl sites for hydroxylation is 1. The van der Waals surface area contributed by atoms with Crippen LogP contribution in [-0.4, -0.2) is 4.98 Å². The lowest BCUT2D eigenvalue weighted by molar-refractivity contribution is 0.984. The van der Waals surface area contributed by atoms with E-state index in [1.165, 1.54) is 5.56 Å². The van der Waals surface area contributed by atoms with Crippen molar-refractivity contribution < 1.29 is 0 Å². The van der Waals surface area contributed by atoms with Gasteiger partial charge in [0.05, 0.1) is 5.69 Å². The zero-order valence-electron chi connectivity index (χ0n) is 5.46. The molecule has 0 amide bonds. The standard InChI is InChI=1S/C7H10N2/c1-6-2-3-9-7(4-6)5-8/h2-4H,5,8H2,1H3. The largest absolute Gasteiger partial charge is 0.325 e. The van der Waals surface area contributed by atoms with E-state index in [1.807, 2.05) is 19.1 Å². The van der Waals surface area contributed by atoms with Crippen molar-refractivity contribution >= 4 is 0 Å². The Morgan fingerprint density at radius 1 is 1.67 bits per heavy atom. The second kappa shape index (κ2) is 2.60. The molecule has 0 spiro atoms. The fraction of sp³-hybridized carbons (Fsp3) is 0.286. The molecule has 0 fully saturated rings. The lowest BCUT2D eigenvalue weighted by Crippen LogP contribution is -1.98. The summed E-state index contributed by atoms with van der Waals surface area (Å²) in [6.45, 7) is 2.56. The van der Waals surface area contributed by atoms with E-state index in [4.69, 9.17) is 5.73 Å². The number of rotatable bonds is 1. The van der Waals surface area contributed by atoms with Gasteiger partial charge in [-0.1, -0.05) is 0 Å². The second-order valence-electron chi connectivity index (χ2n) is 2.03. The molecular weight excluding hydrogens is 112 g/mol. The van der Waals surface area contributed by atoms with E-state index in [0.29, 0.717) is 6.54 Å². The molecule has 0 bridgehead atoms. The van der Waals surface area contributed by atoms with Crippen LogP contribution in [0.5, 0.6) is 0 Å². The summed E-state index contributed by atoms with van der Waals surface area (Å²) in [4.78, 5) is 4.03. The van der Waals surface area contributed by atoms with E-state index in [2.05, 4.69) is 4.98 Å². The fourth-order valence-electron chi connectivity index (χ4n) is 0.710. The Kier molecular flexibility index (Phi) is 1.80. The fourth-order valence-corrected chi connectivity index (χ4v) is 0.710. The highest BCUT2D eigenvalue weighted by Gasteiger charge is 1.87. The molecule has 0 radical (unpaired) electrons. The van der Waals surface area contributed by atoms with Gasteiger partial charge < -0.3 is 5.73 Å². The van der Waals surface area contributed by atoms with Crippen LogP contribution in [0.4, 0.5) is 0 Å². The molecule has 0 aliphatic carbocycles. The molecule has 1 aromatic heterocycles. The Hall–Kier alpha value is -0.890. The molecule has 48 valence electrons. The van der Waals surface area contributed by atoms with Gasteiger partial charge in [-0.2, -0.15) is 0 Å². The van der Waals surface area contributed by atoms with Gasteiger partial charge in [0.1, 0.15) is 0 Å². The van der Waals surface area contributed by atoms with Crippen molar-refractivity contribution in [1.29, 1.82) is 0 Å². The quantitative estimate of drug-likeness (QED) is 0.599. The summed E-state index contributed by atoms with van der Waals surface area (Å²) in [7, 11) is 0. The Labute approximate surface area is 54.7 Å². The van der Waals surface area contributed by atoms with Gasteiger partial charge in [-0.05, 0) is 24.6 Å². The first-order valence-electron chi connectivity index (χ1n) is 2.94. The van der Waals surface area contributed by atoms with Crippen LogP contribution in [0.3, 0.4) is 0 Å². The van der Waals surface area contributed by atoms with Crippen molar-refractivity contribution in [2.24, 2.45) is 5.73 Å². The molecule has 0 aromatic carbocycles. The number of nitrogens with zero attached hydrogens (tertiary/aromatic N) is 1. The van der Waals surface area contributed by atoms with Gasteiger partial charge in [0.25, 0.3) is 0 Å². The topological polar surface area (TPSA) is 38.9 Å². The summed E-state index contributed by atoms with van der Waals surface area (Å²) in [5, 5.41) is 0. The van der Waals surface area contributed by atoms with Crippen molar-refractivity contribution in [3.8, 4) is 0 Å². The van der Waals surface area contributed by atoms with Gasteiger partial charge in [-0.15, -0.1) is 0 Å². The molecule has 2 N–H and O–H groups in total. The van der Waals surface area contributed by atoms with Crippen LogP contribution < -0.4 is 5.73 Å². The van der Waals surface area contributed by atoms with Gasteiger partial charge in [0, 0.05) is 12.7 Å². The Bertz CT molecular complexity index is 196. The Morgan fingerprint density at radius 2 is 2.44 bits per heavy atom. The third kappa shape index (κ3) is 1.50. The monoisotopic (exact) mass is 122 g/mol. The van der Waals surface area contributed by atoms with Crippen LogP contribution in [-0.2, 0) is 6.54 Å². The molecule has 0 saturated carbocycles. The Morgan fingerprint density at radius 3 is 2.89 bits per heavy atom. The number of pyridine rings is 1. The maximum Gasteiger partial charge on any atom is 0.0542 e. The summed E-state index contributed by atoms with van der Waals surface area (Å²) in [6.07, 6.45) is 1.78. The Balaban J connectivity index is 2.94. The van der Waals surface area contributed by atoms with E-state index in [-0.39, 0.29) is 0 Å². The number of nitrogens with two attached hydrogens (primary N) is 1. The molecule has 1 rings (SSSR count). The van der Waals surface area contributed by atoms with Crippen LogP contribution in [0.25, 0.3) is 0 Å². The number of hydrogen-bond donors (Lipinski definition) is 1. The maximum absolute atomic E-state index is 5.36. The molecule has 0 saturated heterocycles. The smallest absolute Gasteiger partial charge is 0.0542 e. The summed E-state index contributed by atoms with van der Waals surface area (Å²) in [5.41, 5.74) is 7.52. The number of aromatic nitrogens is 1. The SMILES string of the molecule is Cc1ccnc(CN)c1. The first kappa shape index (κ1) is 6.23. The molecular formula is C7H10N2. The highest BCUT2D eigenvalue weighted by molar-refractivity contribution is 5.13. The minimum absolute atomic E-state index is 0.529. The van der Waals surface area contributed by atoms with E-state index in [1.54, 1.807) is 6.20 Å². The molecule has 2 heteroatoms. The molecule has 1 heterocycles. The summed E-state index contributed by atoms with van der Waals surface area (Å²) in [6, 6.07) is 3.94. The van der Waals surface area contributed by atoms with Crippen molar-refractivity contribution in [1.82, 2.24) is 4.98 Å². The van der Waals surface area contributed by atoms with Gasteiger partial charge >= 0.3 is 0 Å². The predicted octanol–water partition coefficient (Wildman–Crippen LogP) is 0.849. The number of hydrogen-bond acceptors (Lipinski definition) is 2. The zero-order chi connectivity index (χ0) is 6.69. The maximum atomic E-state index is 5.36. The highest BCUT2D eigenvalue weighted by atomic mass is 14.7. The minimum Gasteiger partial charge on any atom is -0.325 e. The van der Waals surface area contributed by atoms with E-state index in [9.17, 15) is 0 Å². The van der Waals surface area contributed by atoms with Crippen LogP contribution >= 0.6 is 0 Å². The molecule has 0 aliphatic rings. The third-order valence-electron chi connectivity index (χ3n) is 1.18. The molecule has 1 aromatic rings. The molecule has 0 unspecified atom stereocenters. The van der Waals surface area contributed by atoms with E-state index in [0.717, 1.165) is 5.69 Å².